The van der Waals surface area contributed by atoms with Crippen molar-refractivity contribution < 1.29 is 9.53 Å². The second-order valence-electron chi connectivity index (χ2n) is 6.04. The first-order valence-electron chi connectivity index (χ1n) is 7.52. The third-order valence-electron chi connectivity index (χ3n) is 4.71. The van der Waals surface area contributed by atoms with Gasteiger partial charge in [0.15, 0.2) is 0 Å². The van der Waals surface area contributed by atoms with Gasteiger partial charge in [-0.1, -0.05) is 24.4 Å². The van der Waals surface area contributed by atoms with Crippen LogP contribution >= 0.6 is 22.9 Å². The van der Waals surface area contributed by atoms with Crippen LogP contribution in [-0.2, 0) is 11.3 Å². The maximum absolute atomic E-state index is 12.2. The van der Waals surface area contributed by atoms with E-state index in [0.29, 0.717) is 6.54 Å². The summed E-state index contributed by atoms with van der Waals surface area (Å²) in [6.07, 6.45) is 5.72. The second kappa shape index (κ2) is 6.55. The van der Waals surface area contributed by atoms with Crippen LogP contribution < -0.4 is 10.6 Å². The number of thiophene rings is 1. The molecule has 2 N–H and O–H groups in total. The first-order valence-corrected chi connectivity index (χ1v) is 8.84. The Bertz CT molecular complexity index is 500. The molecular formula is C15H21ClN2O2S. The molecule has 0 radical (unpaired) electrons. The van der Waals surface area contributed by atoms with Gasteiger partial charge in [0, 0.05) is 35.6 Å². The van der Waals surface area contributed by atoms with E-state index in [1.54, 1.807) is 11.3 Å². The molecule has 6 heteroatoms. The highest BCUT2D eigenvalue weighted by atomic mass is 35.5. The normalized spacial score (nSPS) is 24.1. The first kappa shape index (κ1) is 15.1. The molecule has 21 heavy (non-hydrogen) atoms. The van der Waals surface area contributed by atoms with Crippen molar-refractivity contribution in [2.45, 2.75) is 44.7 Å². The summed E-state index contributed by atoms with van der Waals surface area (Å²) in [6.45, 7) is 2.00. The maximum atomic E-state index is 12.2. The molecule has 1 aromatic heterocycles. The summed E-state index contributed by atoms with van der Waals surface area (Å²) in [5, 5.41) is 10.6. The number of rotatable bonds is 3. The zero-order chi connectivity index (χ0) is 14.7. The van der Waals surface area contributed by atoms with E-state index in [2.05, 4.69) is 10.6 Å². The Labute approximate surface area is 134 Å². The highest BCUT2D eigenvalue weighted by molar-refractivity contribution is 7.08. The highest BCUT2D eigenvalue weighted by Gasteiger charge is 2.44. The topological polar surface area (TPSA) is 50.4 Å². The summed E-state index contributed by atoms with van der Waals surface area (Å²) in [5.41, 5.74) is 1.13. The number of ether oxygens (including phenoxy) is 1. The second-order valence-corrected chi connectivity index (χ2v) is 7.19. The van der Waals surface area contributed by atoms with E-state index in [1.807, 2.05) is 10.8 Å². The molecule has 1 aliphatic carbocycles. The minimum Gasteiger partial charge on any atom is -0.381 e. The van der Waals surface area contributed by atoms with Crippen LogP contribution in [0.25, 0.3) is 0 Å². The molecular weight excluding hydrogens is 308 g/mol. The molecule has 4 nitrogen and oxygen atoms in total. The summed E-state index contributed by atoms with van der Waals surface area (Å²) in [5.74, 6) is 0. The van der Waals surface area contributed by atoms with Crippen molar-refractivity contribution >= 4 is 29.0 Å². The van der Waals surface area contributed by atoms with Gasteiger partial charge in [0.05, 0.1) is 11.6 Å². The molecule has 0 bridgehead atoms. The van der Waals surface area contributed by atoms with Crippen LogP contribution in [0.1, 0.15) is 37.7 Å². The third-order valence-corrected chi connectivity index (χ3v) is 5.99. The molecule has 0 aromatic carbocycles. The molecule has 1 atom stereocenters. The fourth-order valence-electron chi connectivity index (χ4n) is 3.50. The van der Waals surface area contributed by atoms with Crippen molar-refractivity contribution in [1.82, 2.24) is 10.6 Å². The van der Waals surface area contributed by atoms with Crippen molar-refractivity contribution in [2.24, 2.45) is 5.41 Å². The number of urea groups is 1. The lowest BCUT2D eigenvalue weighted by molar-refractivity contribution is -0.0264. The van der Waals surface area contributed by atoms with Gasteiger partial charge in [-0.3, -0.25) is 0 Å². The molecule has 1 aromatic rings. The van der Waals surface area contributed by atoms with E-state index >= 15 is 0 Å². The molecule has 1 saturated carbocycles. The molecule has 1 unspecified atom stereocenters. The fraction of sp³-hybridized carbons (Fsp3) is 0.667. The smallest absolute Gasteiger partial charge is 0.315 e. The predicted octanol–water partition coefficient (Wildman–Crippen LogP) is 3.55. The molecule has 116 valence electrons. The van der Waals surface area contributed by atoms with Crippen molar-refractivity contribution in [1.29, 1.82) is 0 Å². The Morgan fingerprint density at radius 1 is 1.43 bits per heavy atom. The van der Waals surface area contributed by atoms with Gasteiger partial charge in [0.25, 0.3) is 0 Å². The zero-order valence-corrected chi connectivity index (χ0v) is 13.6. The average molecular weight is 329 g/mol. The van der Waals surface area contributed by atoms with E-state index < -0.39 is 0 Å². The summed E-state index contributed by atoms with van der Waals surface area (Å²) >= 11 is 7.58. The van der Waals surface area contributed by atoms with E-state index in [1.165, 1.54) is 12.8 Å². The Morgan fingerprint density at radius 3 is 2.95 bits per heavy atom. The van der Waals surface area contributed by atoms with Gasteiger partial charge in [-0.15, -0.1) is 0 Å². The molecule has 1 spiro atoms. The monoisotopic (exact) mass is 328 g/mol. The van der Waals surface area contributed by atoms with Crippen LogP contribution in [0.5, 0.6) is 0 Å². The number of hydrogen-bond donors (Lipinski definition) is 2. The minimum absolute atomic E-state index is 0.101. The summed E-state index contributed by atoms with van der Waals surface area (Å²) in [7, 11) is 0. The van der Waals surface area contributed by atoms with Crippen molar-refractivity contribution in [2.75, 3.05) is 13.2 Å². The molecule has 1 aliphatic heterocycles. The third kappa shape index (κ3) is 3.35. The van der Waals surface area contributed by atoms with Crippen LogP contribution in [0.4, 0.5) is 4.79 Å². The maximum Gasteiger partial charge on any atom is 0.315 e. The lowest BCUT2D eigenvalue weighted by Crippen LogP contribution is -2.54. The van der Waals surface area contributed by atoms with E-state index in [0.717, 1.165) is 43.1 Å². The number of hydrogen-bond acceptors (Lipinski definition) is 3. The quantitative estimate of drug-likeness (QED) is 0.891. The number of carbonyl (C=O) groups is 1. The molecule has 2 fully saturated rings. The number of amides is 2. The van der Waals surface area contributed by atoms with Gasteiger partial charge in [-0.05, 0) is 24.6 Å². The SMILES string of the molecule is O=C(NCc1cscc1Cl)NC1CCOCC12CCCC2. The minimum atomic E-state index is -0.101. The van der Waals surface area contributed by atoms with Crippen LogP contribution in [-0.4, -0.2) is 25.3 Å². The van der Waals surface area contributed by atoms with Gasteiger partial charge >= 0.3 is 6.03 Å². The summed E-state index contributed by atoms with van der Waals surface area (Å²) < 4.78 is 5.67. The Hall–Kier alpha value is -0.780. The number of halogens is 1. The van der Waals surface area contributed by atoms with Crippen LogP contribution in [0, 0.1) is 5.41 Å². The van der Waals surface area contributed by atoms with Gasteiger partial charge in [-0.25, -0.2) is 4.79 Å². The van der Waals surface area contributed by atoms with Crippen molar-refractivity contribution in [3.63, 3.8) is 0 Å². The van der Waals surface area contributed by atoms with Gasteiger partial charge in [0.1, 0.15) is 0 Å². The largest absolute Gasteiger partial charge is 0.381 e. The highest BCUT2D eigenvalue weighted by Crippen LogP contribution is 2.44. The number of carbonyl (C=O) groups excluding carboxylic acids is 1. The van der Waals surface area contributed by atoms with Crippen LogP contribution in [0.2, 0.25) is 5.02 Å². The first-order chi connectivity index (χ1) is 10.2. The predicted molar refractivity (Wildman–Crippen MR) is 84.8 cm³/mol. The van der Waals surface area contributed by atoms with Crippen LogP contribution in [0.3, 0.4) is 0 Å². The van der Waals surface area contributed by atoms with E-state index in [4.69, 9.17) is 16.3 Å². The van der Waals surface area contributed by atoms with Gasteiger partial charge in [-0.2, -0.15) is 11.3 Å². The molecule has 2 aliphatic rings. The lowest BCUT2D eigenvalue weighted by Gasteiger charge is -2.41. The molecule has 3 rings (SSSR count). The van der Waals surface area contributed by atoms with E-state index in [-0.39, 0.29) is 17.5 Å². The molecule has 2 heterocycles. The Morgan fingerprint density at radius 2 is 2.24 bits per heavy atom. The van der Waals surface area contributed by atoms with Crippen molar-refractivity contribution in [3.8, 4) is 0 Å². The van der Waals surface area contributed by atoms with Crippen molar-refractivity contribution in [3.05, 3.63) is 21.3 Å². The Balaban J connectivity index is 1.55. The summed E-state index contributed by atoms with van der Waals surface area (Å²) in [4.78, 5) is 12.2. The fourth-order valence-corrected chi connectivity index (χ4v) is 4.55. The van der Waals surface area contributed by atoms with Crippen LogP contribution in [0.15, 0.2) is 10.8 Å². The standard InChI is InChI=1S/C15H21ClN2O2S/c16-12-9-21-8-11(12)7-17-14(19)18-13-3-6-20-10-15(13)4-1-2-5-15/h8-9,13H,1-7,10H2,(H2,17,18,19). The lowest BCUT2D eigenvalue weighted by atomic mass is 9.76. The van der Waals surface area contributed by atoms with Gasteiger partial charge < -0.3 is 15.4 Å². The number of nitrogens with one attached hydrogen (secondary N) is 2. The zero-order valence-electron chi connectivity index (χ0n) is 12.0. The molecule has 2 amide bonds. The van der Waals surface area contributed by atoms with Gasteiger partial charge in [0.2, 0.25) is 0 Å². The average Bonchev–Trinajstić information content (AvgIpc) is 3.10. The Kier molecular flexibility index (Phi) is 4.72. The van der Waals surface area contributed by atoms with E-state index in [9.17, 15) is 4.79 Å². The molecule has 1 saturated heterocycles. The summed E-state index contributed by atoms with van der Waals surface area (Å²) in [6, 6.07) is 0.127.